The number of anilines is 2. The summed E-state index contributed by atoms with van der Waals surface area (Å²) in [6.07, 6.45) is 0.995. The van der Waals surface area contributed by atoms with Crippen molar-refractivity contribution in [3.8, 4) is 0 Å². The van der Waals surface area contributed by atoms with Gasteiger partial charge in [-0.15, -0.1) is 0 Å². The third-order valence-electron chi connectivity index (χ3n) is 8.05. The molecule has 0 unspecified atom stereocenters. The molecular weight excluding hydrogens is 412 g/mol. The van der Waals surface area contributed by atoms with Gasteiger partial charge in [0.25, 0.3) is 0 Å². The normalized spacial score (nSPS) is 14.0. The third-order valence-corrected chi connectivity index (χ3v) is 8.05. The first kappa shape index (κ1) is 24.4. The molecule has 0 saturated carbocycles. The van der Waals surface area contributed by atoms with E-state index in [1.807, 2.05) is 0 Å². The number of fused-ring (bicyclic) bond motifs is 2. The van der Waals surface area contributed by atoms with Crippen LogP contribution in [0.3, 0.4) is 0 Å². The SMILES string of the molecule is CCN(CC)c1ccc2c(c1)Cc1cc(N(CC)CC)ccc1C2(C)c1ccc(C(C)C)cc1. The van der Waals surface area contributed by atoms with Gasteiger partial charge in [-0.1, -0.05) is 50.2 Å². The fraction of sp³-hybridized carbons (Fsp3) is 0.438. The zero-order valence-corrected chi connectivity index (χ0v) is 22.3. The average molecular weight is 455 g/mol. The molecule has 0 spiro atoms. The molecule has 1 aliphatic carbocycles. The van der Waals surface area contributed by atoms with Crippen LogP contribution >= 0.6 is 0 Å². The molecule has 0 heterocycles. The van der Waals surface area contributed by atoms with E-state index in [1.165, 1.54) is 44.8 Å². The maximum absolute atomic E-state index is 2.46. The van der Waals surface area contributed by atoms with E-state index in [0.29, 0.717) is 5.92 Å². The maximum Gasteiger partial charge on any atom is 0.0429 e. The summed E-state index contributed by atoms with van der Waals surface area (Å²) in [5.74, 6) is 0.543. The van der Waals surface area contributed by atoms with Gasteiger partial charge in [0.05, 0.1) is 0 Å². The smallest absolute Gasteiger partial charge is 0.0429 e. The number of hydrogen-bond acceptors (Lipinski definition) is 2. The molecule has 34 heavy (non-hydrogen) atoms. The molecule has 0 fully saturated rings. The molecule has 1 aliphatic rings. The second kappa shape index (κ2) is 9.86. The Morgan fingerprint density at radius 1 is 0.676 bits per heavy atom. The Balaban J connectivity index is 1.91. The van der Waals surface area contributed by atoms with Gasteiger partial charge in [0, 0.05) is 43.0 Å². The van der Waals surface area contributed by atoms with Crippen LogP contribution in [0.2, 0.25) is 0 Å². The number of hydrogen-bond donors (Lipinski definition) is 0. The number of nitrogens with zero attached hydrogens (tertiary/aromatic N) is 2. The lowest BCUT2D eigenvalue weighted by molar-refractivity contribution is 0.655. The summed E-state index contributed by atoms with van der Waals surface area (Å²) in [5.41, 5.74) is 11.1. The van der Waals surface area contributed by atoms with Crippen LogP contribution in [-0.4, -0.2) is 26.2 Å². The summed E-state index contributed by atoms with van der Waals surface area (Å²) < 4.78 is 0. The highest BCUT2D eigenvalue weighted by Gasteiger charge is 2.38. The van der Waals surface area contributed by atoms with Crippen LogP contribution < -0.4 is 9.80 Å². The first-order valence-corrected chi connectivity index (χ1v) is 13.2. The molecule has 0 radical (unpaired) electrons. The molecule has 2 nitrogen and oxygen atoms in total. The van der Waals surface area contributed by atoms with E-state index in [9.17, 15) is 0 Å². The van der Waals surface area contributed by atoms with Gasteiger partial charge in [0.1, 0.15) is 0 Å². The number of rotatable bonds is 8. The highest BCUT2D eigenvalue weighted by atomic mass is 15.1. The van der Waals surface area contributed by atoms with Crippen molar-refractivity contribution in [3.63, 3.8) is 0 Å². The van der Waals surface area contributed by atoms with E-state index in [2.05, 4.69) is 119 Å². The van der Waals surface area contributed by atoms with E-state index in [-0.39, 0.29) is 5.41 Å². The van der Waals surface area contributed by atoms with Crippen LogP contribution in [0.4, 0.5) is 11.4 Å². The minimum atomic E-state index is -0.165. The van der Waals surface area contributed by atoms with Crippen LogP contribution in [0.5, 0.6) is 0 Å². The minimum Gasteiger partial charge on any atom is -0.372 e. The molecule has 0 saturated heterocycles. The zero-order chi connectivity index (χ0) is 24.5. The van der Waals surface area contributed by atoms with Gasteiger partial charge in [-0.2, -0.15) is 0 Å². The summed E-state index contributed by atoms with van der Waals surface area (Å²) in [6.45, 7) is 20.1. The summed E-state index contributed by atoms with van der Waals surface area (Å²) in [5, 5.41) is 0. The summed E-state index contributed by atoms with van der Waals surface area (Å²) in [7, 11) is 0. The molecular formula is C32H42N2. The second-order valence-corrected chi connectivity index (χ2v) is 10.1. The molecule has 3 aromatic rings. The molecule has 0 atom stereocenters. The molecule has 0 N–H and O–H groups in total. The fourth-order valence-electron chi connectivity index (χ4n) is 5.86. The highest BCUT2D eigenvalue weighted by Crippen LogP contribution is 2.47. The first-order chi connectivity index (χ1) is 16.4. The van der Waals surface area contributed by atoms with Crippen molar-refractivity contribution in [2.24, 2.45) is 0 Å². The van der Waals surface area contributed by atoms with Gasteiger partial charge in [-0.3, -0.25) is 0 Å². The van der Waals surface area contributed by atoms with Crippen molar-refractivity contribution in [1.29, 1.82) is 0 Å². The Morgan fingerprint density at radius 3 is 1.50 bits per heavy atom. The molecule has 180 valence electrons. The van der Waals surface area contributed by atoms with Crippen molar-refractivity contribution < 1.29 is 0 Å². The predicted molar refractivity (Wildman–Crippen MR) is 149 cm³/mol. The van der Waals surface area contributed by atoms with Gasteiger partial charge < -0.3 is 9.80 Å². The van der Waals surface area contributed by atoms with E-state index in [1.54, 1.807) is 0 Å². The Bertz CT molecular complexity index is 1060. The largest absolute Gasteiger partial charge is 0.372 e. The Labute approximate surface area is 207 Å². The van der Waals surface area contributed by atoms with Crippen molar-refractivity contribution in [3.05, 3.63) is 94.0 Å². The van der Waals surface area contributed by atoms with E-state index in [4.69, 9.17) is 0 Å². The monoisotopic (exact) mass is 454 g/mol. The second-order valence-electron chi connectivity index (χ2n) is 10.1. The van der Waals surface area contributed by atoms with Crippen LogP contribution in [0, 0.1) is 0 Å². The molecule has 0 bridgehead atoms. The topological polar surface area (TPSA) is 6.48 Å². The van der Waals surface area contributed by atoms with E-state index < -0.39 is 0 Å². The molecule has 0 aromatic heterocycles. The van der Waals surface area contributed by atoms with Gasteiger partial charge >= 0.3 is 0 Å². The van der Waals surface area contributed by atoms with Crippen LogP contribution in [0.1, 0.15) is 87.8 Å². The first-order valence-electron chi connectivity index (χ1n) is 13.2. The standard InChI is InChI=1S/C32H42N2/c1-8-33(9-2)28-16-18-30-25(21-28)20-26-22-29(34(10-3)11-4)17-19-31(26)32(30,7)27-14-12-24(13-15-27)23(5)6/h12-19,21-23H,8-11,20H2,1-7H3. The lowest BCUT2D eigenvalue weighted by Crippen LogP contribution is -2.33. The Morgan fingerprint density at radius 2 is 1.12 bits per heavy atom. The summed E-state index contributed by atoms with van der Waals surface area (Å²) >= 11 is 0. The van der Waals surface area contributed by atoms with Crippen molar-refractivity contribution in [1.82, 2.24) is 0 Å². The third kappa shape index (κ3) is 4.13. The fourth-order valence-corrected chi connectivity index (χ4v) is 5.86. The zero-order valence-electron chi connectivity index (χ0n) is 22.3. The highest BCUT2D eigenvalue weighted by molar-refractivity contribution is 5.66. The summed E-state index contributed by atoms with van der Waals surface area (Å²) in [6, 6.07) is 23.8. The van der Waals surface area contributed by atoms with E-state index >= 15 is 0 Å². The average Bonchev–Trinajstić information content (AvgIpc) is 2.85. The molecule has 0 amide bonds. The molecule has 3 aromatic carbocycles. The molecule has 2 heteroatoms. The predicted octanol–water partition coefficient (Wildman–Crippen LogP) is 7.76. The quantitative estimate of drug-likeness (QED) is 0.343. The van der Waals surface area contributed by atoms with Crippen molar-refractivity contribution >= 4 is 11.4 Å². The van der Waals surface area contributed by atoms with Crippen LogP contribution in [0.25, 0.3) is 0 Å². The lowest BCUT2D eigenvalue weighted by atomic mass is 9.64. The molecule has 4 rings (SSSR count). The minimum absolute atomic E-state index is 0.165. The van der Waals surface area contributed by atoms with E-state index in [0.717, 1.165) is 32.6 Å². The van der Waals surface area contributed by atoms with Gasteiger partial charge in [-0.05, 0) is 105 Å². The van der Waals surface area contributed by atoms with Crippen molar-refractivity contribution in [2.75, 3.05) is 36.0 Å². The van der Waals surface area contributed by atoms with Crippen LogP contribution in [-0.2, 0) is 11.8 Å². The van der Waals surface area contributed by atoms with Crippen molar-refractivity contribution in [2.45, 2.75) is 66.2 Å². The Kier molecular flexibility index (Phi) is 7.07. The number of benzene rings is 3. The Hall–Kier alpha value is -2.74. The summed E-state index contributed by atoms with van der Waals surface area (Å²) in [4.78, 5) is 4.91. The van der Waals surface area contributed by atoms with Gasteiger partial charge in [0.15, 0.2) is 0 Å². The van der Waals surface area contributed by atoms with Crippen LogP contribution in [0.15, 0.2) is 60.7 Å². The van der Waals surface area contributed by atoms with Gasteiger partial charge in [0.2, 0.25) is 0 Å². The molecule has 0 aliphatic heterocycles. The lowest BCUT2D eigenvalue weighted by Gasteiger charge is -2.40. The van der Waals surface area contributed by atoms with Gasteiger partial charge in [-0.25, -0.2) is 0 Å². The maximum atomic E-state index is 2.46.